The van der Waals surface area contributed by atoms with E-state index in [9.17, 15) is 18.4 Å². The fourth-order valence-electron chi connectivity index (χ4n) is 5.22. The maximum absolute atomic E-state index is 14.2. The number of amides is 2. The summed E-state index contributed by atoms with van der Waals surface area (Å²) in [6.07, 6.45) is 8.95. The number of carbonyl (C=O) groups is 2. The van der Waals surface area contributed by atoms with Crippen LogP contribution in [0.1, 0.15) is 54.2 Å². The molecule has 1 saturated heterocycles. The minimum absolute atomic E-state index is 0.0562. The van der Waals surface area contributed by atoms with Crippen LogP contribution < -0.4 is 10.6 Å². The Bertz CT molecular complexity index is 1350. The van der Waals surface area contributed by atoms with E-state index in [1.54, 1.807) is 18.5 Å². The standard InChI is InChI=1S/C26H27F2N7O2S/c27-15-5-6-17(19(28)13-15)23-33-34-24(38-23)22(37)31-20-7-12-35(16-3-1-4-16)14-18(20)21(36)32-26(8-9-26)25-29-10-2-11-30-25/h2,5-6,10-11,13,16,18,20H,1,3-4,7-9,12,14H2,(H,31,37)(H,32,36)/t18-,20-/m0/s1. The van der Waals surface area contributed by atoms with Crippen molar-refractivity contribution >= 4 is 23.2 Å². The van der Waals surface area contributed by atoms with Gasteiger partial charge in [0, 0.05) is 49.2 Å². The van der Waals surface area contributed by atoms with Gasteiger partial charge in [0.1, 0.15) is 11.6 Å². The Morgan fingerprint density at radius 3 is 2.55 bits per heavy atom. The van der Waals surface area contributed by atoms with Crippen LogP contribution in [0, 0.1) is 17.6 Å². The fraction of sp³-hybridized carbons (Fsp3) is 0.462. The topological polar surface area (TPSA) is 113 Å². The normalized spacial score (nSPS) is 22.9. The fourth-order valence-corrected chi connectivity index (χ4v) is 5.99. The Balaban J connectivity index is 1.18. The zero-order valence-corrected chi connectivity index (χ0v) is 21.4. The molecule has 2 amide bonds. The summed E-state index contributed by atoms with van der Waals surface area (Å²) in [5.41, 5.74) is -0.481. The molecule has 0 radical (unpaired) electrons. The molecule has 0 spiro atoms. The monoisotopic (exact) mass is 539 g/mol. The predicted molar refractivity (Wildman–Crippen MR) is 135 cm³/mol. The first kappa shape index (κ1) is 24.9. The van der Waals surface area contributed by atoms with E-state index in [2.05, 4.69) is 35.7 Å². The SMILES string of the molecule is O=C(N[C@H]1CCN(C2CCC2)C[C@@H]1C(=O)NC1(c2ncccn2)CC1)c1nnc(-c2ccc(F)cc2F)s1. The van der Waals surface area contributed by atoms with E-state index in [0.29, 0.717) is 24.8 Å². The Morgan fingerprint density at radius 1 is 1.08 bits per heavy atom. The number of hydrogen-bond acceptors (Lipinski definition) is 8. The molecule has 9 nitrogen and oxygen atoms in total. The summed E-state index contributed by atoms with van der Waals surface area (Å²) in [4.78, 5) is 37.9. The summed E-state index contributed by atoms with van der Waals surface area (Å²) in [5, 5.41) is 14.3. The van der Waals surface area contributed by atoms with Crippen LogP contribution in [0.3, 0.4) is 0 Å². The Hall–Kier alpha value is -3.38. The summed E-state index contributed by atoms with van der Waals surface area (Å²) >= 11 is 0.924. The van der Waals surface area contributed by atoms with Crippen LogP contribution in [0.5, 0.6) is 0 Å². The summed E-state index contributed by atoms with van der Waals surface area (Å²) in [5.74, 6) is -1.92. The van der Waals surface area contributed by atoms with Gasteiger partial charge in [-0.1, -0.05) is 17.8 Å². The first-order valence-electron chi connectivity index (χ1n) is 12.9. The van der Waals surface area contributed by atoms with Gasteiger partial charge < -0.3 is 10.6 Å². The number of nitrogens with one attached hydrogen (secondary N) is 2. The second-order valence-corrected chi connectivity index (χ2v) is 11.2. The molecule has 2 saturated carbocycles. The molecule has 1 aliphatic heterocycles. The maximum atomic E-state index is 14.2. The van der Waals surface area contributed by atoms with E-state index in [4.69, 9.17) is 0 Å². The van der Waals surface area contributed by atoms with Gasteiger partial charge in [-0.2, -0.15) is 0 Å². The number of aromatic nitrogens is 4. The second kappa shape index (κ2) is 10.1. The van der Waals surface area contributed by atoms with Gasteiger partial charge in [-0.3, -0.25) is 14.5 Å². The molecule has 3 aliphatic rings. The van der Waals surface area contributed by atoms with E-state index in [0.717, 1.165) is 55.7 Å². The Labute approximate surface area is 222 Å². The summed E-state index contributed by atoms with van der Waals surface area (Å²) in [6, 6.07) is 4.99. The van der Waals surface area contributed by atoms with Gasteiger partial charge in [-0.05, 0) is 50.3 Å². The lowest BCUT2D eigenvalue weighted by molar-refractivity contribution is -0.129. The average Bonchev–Trinajstić information content (AvgIpc) is 3.49. The van der Waals surface area contributed by atoms with Crippen LogP contribution in [-0.4, -0.2) is 62.1 Å². The number of rotatable bonds is 7. The van der Waals surface area contributed by atoms with Crippen molar-refractivity contribution in [1.82, 2.24) is 35.7 Å². The lowest BCUT2D eigenvalue weighted by atomic mass is 9.85. The molecule has 3 fully saturated rings. The van der Waals surface area contributed by atoms with Gasteiger partial charge >= 0.3 is 0 Å². The third-order valence-electron chi connectivity index (χ3n) is 7.78. The Kier molecular flexibility index (Phi) is 6.60. The summed E-state index contributed by atoms with van der Waals surface area (Å²) in [7, 11) is 0. The first-order valence-corrected chi connectivity index (χ1v) is 13.7. The highest BCUT2D eigenvalue weighted by molar-refractivity contribution is 7.16. The van der Waals surface area contributed by atoms with E-state index < -0.39 is 35.0 Å². The number of carbonyl (C=O) groups excluding carboxylic acids is 2. The molecule has 2 aliphatic carbocycles. The molecule has 2 aromatic heterocycles. The van der Waals surface area contributed by atoms with Gasteiger partial charge in [0.25, 0.3) is 5.91 Å². The zero-order chi connectivity index (χ0) is 26.3. The van der Waals surface area contributed by atoms with Crippen molar-refractivity contribution in [3.05, 3.63) is 59.1 Å². The summed E-state index contributed by atoms with van der Waals surface area (Å²) < 4.78 is 27.5. The van der Waals surface area contributed by atoms with Crippen LogP contribution in [0.25, 0.3) is 10.6 Å². The highest BCUT2D eigenvalue weighted by Crippen LogP contribution is 2.44. The molecule has 198 valence electrons. The zero-order valence-electron chi connectivity index (χ0n) is 20.6. The molecule has 0 bridgehead atoms. The van der Waals surface area contributed by atoms with Gasteiger partial charge in [-0.15, -0.1) is 10.2 Å². The van der Waals surface area contributed by atoms with E-state index in [1.165, 1.54) is 12.5 Å². The molecule has 3 aromatic rings. The lowest BCUT2D eigenvalue weighted by Crippen LogP contribution is -2.59. The lowest BCUT2D eigenvalue weighted by Gasteiger charge is -2.45. The van der Waals surface area contributed by atoms with Crippen molar-refractivity contribution < 1.29 is 18.4 Å². The van der Waals surface area contributed by atoms with Crippen molar-refractivity contribution in [2.45, 2.75) is 56.1 Å². The Morgan fingerprint density at radius 2 is 1.87 bits per heavy atom. The highest BCUT2D eigenvalue weighted by Gasteiger charge is 2.50. The highest BCUT2D eigenvalue weighted by atomic mass is 32.1. The number of nitrogens with zero attached hydrogens (tertiary/aromatic N) is 5. The largest absolute Gasteiger partial charge is 0.346 e. The minimum Gasteiger partial charge on any atom is -0.346 e. The van der Waals surface area contributed by atoms with Crippen molar-refractivity contribution in [3.8, 4) is 10.6 Å². The number of benzene rings is 1. The van der Waals surface area contributed by atoms with Gasteiger partial charge in [-0.25, -0.2) is 18.7 Å². The van der Waals surface area contributed by atoms with Gasteiger partial charge in [0.2, 0.25) is 10.9 Å². The quantitative estimate of drug-likeness (QED) is 0.475. The maximum Gasteiger partial charge on any atom is 0.282 e. The average molecular weight is 540 g/mol. The van der Waals surface area contributed by atoms with Gasteiger partial charge in [0.15, 0.2) is 10.8 Å². The number of halogens is 2. The third kappa shape index (κ3) is 4.90. The van der Waals surface area contributed by atoms with Crippen molar-refractivity contribution in [1.29, 1.82) is 0 Å². The smallest absolute Gasteiger partial charge is 0.282 e. The van der Waals surface area contributed by atoms with E-state index in [-0.39, 0.29) is 21.5 Å². The first-order chi connectivity index (χ1) is 18.4. The van der Waals surface area contributed by atoms with Crippen LogP contribution in [0.15, 0.2) is 36.7 Å². The van der Waals surface area contributed by atoms with Crippen molar-refractivity contribution in [3.63, 3.8) is 0 Å². The molecule has 0 unspecified atom stereocenters. The molecule has 12 heteroatoms. The molecular formula is C26H27F2N7O2S. The van der Waals surface area contributed by atoms with Crippen LogP contribution >= 0.6 is 11.3 Å². The summed E-state index contributed by atoms with van der Waals surface area (Å²) in [6.45, 7) is 1.34. The molecule has 1 aromatic carbocycles. The molecule has 2 atom stereocenters. The minimum atomic E-state index is -0.774. The van der Waals surface area contributed by atoms with E-state index in [1.807, 2.05) is 0 Å². The van der Waals surface area contributed by atoms with Crippen LogP contribution in [0.4, 0.5) is 8.78 Å². The molecule has 3 heterocycles. The molecule has 2 N–H and O–H groups in total. The van der Waals surface area contributed by atoms with Crippen LogP contribution in [0.2, 0.25) is 0 Å². The third-order valence-corrected chi connectivity index (χ3v) is 8.73. The second-order valence-electron chi connectivity index (χ2n) is 10.2. The van der Waals surface area contributed by atoms with Crippen molar-refractivity contribution in [2.24, 2.45) is 5.92 Å². The number of likely N-dealkylation sites (tertiary alicyclic amines) is 1. The van der Waals surface area contributed by atoms with Crippen LogP contribution in [-0.2, 0) is 10.3 Å². The molecule has 6 rings (SSSR count). The van der Waals surface area contributed by atoms with Crippen molar-refractivity contribution in [2.75, 3.05) is 13.1 Å². The predicted octanol–water partition coefficient (Wildman–Crippen LogP) is 3.05. The van der Waals surface area contributed by atoms with Gasteiger partial charge in [0.05, 0.1) is 11.5 Å². The number of piperidine rings is 1. The molecular weight excluding hydrogens is 512 g/mol. The van der Waals surface area contributed by atoms with E-state index >= 15 is 0 Å². The molecule has 38 heavy (non-hydrogen) atoms. The number of hydrogen-bond donors (Lipinski definition) is 2.